The zero-order valence-electron chi connectivity index (χ0n) is 15.5. The van der Waals surface area contributed by atoms with E-state index in [1.807, 2.05) is 4.90 Å². The Morgan fingerprint density at radius 2 is 1.58 bits per heavy atom. The second-order valence-electron chi connectivity index (χ2n) is 9.38. The normalized spacial score (nSPS) is 41.3. The zero-order chi connectivity index (χ0) is 18.1. The largest absolute Gasteiger partial charge is 0.393 e. The van der Waals surface area contributed by atoms with Gasteiger partial charge in [-0.15, -0.1) is 0 Å². The quantitative estimate of drug-likeness (QED) is 0.874. The van der Waals surface area contributed by atoms with E-state index in [-0.39, 0.29) is 23.5 Å². The van der Waals surface area contributed by atoms with Crippen LogP contribution >= 0.6 is 0 Å². The van der Waals surface area contributed by atoms with Crippen LogP contribution in [0.15, 0.2) is 24.3 Å². The third-order valence-corrected chi connectivity index (χ3v) is 8.02. The van der Waals surface area contributed by atoms with Crippen LogP contribution in [0.3, 0.4) is 0 Å². The van der Waals surface area contributed by atoms with Gasteiger partial charge in [-0.1, -0.05) is 29.8 Å². The fourth-order valence-electron chi connectivity index (χ4n) is 6.71. The molecule has 0 aromatic heterocycles. The van der Waals surface area contributed by atoms with E-state index in [0.29, 0.717) is 43.2 Å². The predicted molar refractivity (Wildman–Crippen MR) is 98.5 cm³/mol. The summed E-state index contributed by atoms with van der Waals surface area (Å²) in [7, 11) is 0. The summed E-state index contributed by atoms with van der Waals surface area (Å²) in [6.07, 6.45) is 4.31. The summed E-state index contributed by atoms with van der Waals surface area (Å²) in [5, 5.41) is 20.1. The van der Waals surface area contributed by atoms with Crippen LogP contribution in [0.5, 0.6) is 0 Å². The number of rotatable bonds is 3. The molecule has 26 heavy (non-hydrogen) atoms. The van der Waals surface area contributed by atoms with E-state index in [9.17, 15) is 15.0 Å². The molecule has 4 saturated carbocycles. The van der Waals surface area contributed by atoms with E-state index in [2.05, 4.69) is 31.2 Å². The summed E-state index contributed by atoms with van der Waals surface area (Å²) >= 11 is 0. The van der Waals surface area contributed by atoms with Crippen LogP contribution in [0.2, 0.25) is 0 Å². The van der Waals surface area contributed by atoms with Gasteiger partial charge in [-0.3, -0.25) is 4.79 Å². The van der Waals surface area contributed by atoms with Crippen LogP contribution in [0, 0.1) is 30.6 Å². The van der Waals surface area contributed by atoms with Gasteiger partial charge in [-0.25, -0.2) is 0 Å². The molecule has 0 unspecified atom stereocenters. The fraction of sp³-hybridized carbons (Fsp3) is 0.682. The molecule has 0 radical (unpaired) electrons. The highest BCUT2D eigenvalue weighted by Crippen LogP contribution is 2.64. The Kier molecular flexibility index (Phi) is 3.74. The van der Waals surface area contributed by atoms with Gasteiger partial charge in [-0.05, 0) is 61.8 Å². The summed E-state index contributed by atoms with van der Waals surface area (Å²) in [5.74, 6) is 2.04. The maximum Gasteiger partial charge on any atom is 0.223 e. The van der Waals surface area contributed by atoms with Crippen molar-refractivity contribution in [3.05, 3.63) is 35.4 Å². The summed E-state index contributed by atoms with van der Waals surface area (Å²) in [5.41, 5.74) is 2.49. The maximum absolute atomic E-state index is 13.0. The van der Waals surface area contributed by atoms with Crippen molar-refractivity contribution >= 4 is 5.91 Å². The van der Waals surface area contributed by atoms with Gasteiger partial charge in [0.25, 0.3) is 0 Å². The van der Waals surface area contributed by atoms with Crippen LogP contribution < -0.4 is 0 Å². The molecule has 5 fully saturated rings. The first kappa shape index (κ1) is 16.8. The lowest BCUT2D eigenvalue weighted by Gasteiger charge is -2.63. The number of hydrogen-bond donors (Lipinski definition) is 2. The Hall–Kier alpha value is -1.39. The first-order valence-electron chi connectivity index (χ1n) is 10.2. The van der Waals surface area contributed by atoms with Crippen molar-refractivity contribution in [3.8, 4) is 0 Å². The van der Waals surface area contributed by atoms with Crippen molar-refractivity contribution in [2.24, 2.45) is 23.7 Å². The molecule has 1 aliphatic heterocycles. The van der Waals surface area contributed by atoms with Gasteiger partial charge in [-0.2, -0.15) is 0 Å². The molecule has 4 bridgehead atoms. The fourth-order valence-corrected chi connectivity index (χ4v) is 6.71. The number of aliphatic hydroxyl groups excluding tert-OH is 2. The molecule has 6 rings (SSSR count). The van der Waals surface area contributed by atoms with Crippen molar-refractivity contribution in [3.63, 3.8) is 0 Å². The number of benzene rings is 1. The Labute approximate surface area is 155 Å². The van der Waals surface area contributed by atoms with Crippen LogP contribution in [0.4, 0.5) is 0 Å². The van der Waals surface area contributed by atoms with Crippen LogP contribution in [0.25, 0.3) is 0 Å². The first-order valence-corrected chi connectivity index (χ1v) is 10.2. The van der Waals surface area contributed by atoms with Gasteiger partial charge >= 0.3 is 0 Å². The number of amides is 1. The summed E-state index contributed by atoms with van der Waals surface area (Å²) in [4.78, 5) is 14.9. The van der Waals surface area contributed by atoms with Gasteiger partial charge in [0.2, 0.25) is 5.91 Å². The second kappa shape index (κ2) is 5.80. The smallest absolute Gasteiger partial charge is 0.223 e. The SMILES string of the molecule is Cc1ccc([C@]2(CC(=O)N3CC(O)C3)C3CC4CC2CC(C3)[C@H]4O)cc1. The molecule has 4 aliphatic carbocycles. The van der Waals surface area contributed by atoms with Gasteiger partial charge in [0.15, 0.2) is 0 Å². The molecule has 0 atom stereocenters. The first-order chi connectivity index (χ1) is 12.5. The molecule has 0 spiro atoms. The average Bonchev–Trinajstić information content (AvgIpc) is 2.57. The number of nitrogens with zero attached hydrogens (tertiary/aromatic N) is 1. The number of carbonyl (C=O) groups is 1. The molecule has 4 nitrogen and oxygen atoms in total. The maximum atomic E-state index is 13.0. The summed E-state index contributed by atoms with van der Waals surface area (Å²) < 4.78 is 0. The highest BCUT2D eigenvalue weighted by Gasteiger charge is 2.61. The lowest BCUT2D eigenvalue weighted by atomic mass is 9.42. The minimum Gasteiger partial charge on any atom is -0.393 e. The van der Waals surface area contributed by atoms with Crippen molar-refractivity contribution < 1.29 is 15.0 Å². The number of aryl methyl sites for hydroxylation is 1. The lowest BCUT2D eigenvalue weighted by Crippen LogP contribution is -2.62. The Bertz CT molecular complexity index is 677. The zero-order valence-corrected chi connectivity index (χ0v) is 15.5. The van der Waals surface area contributed by atoms with E-state index < -0.39 is 0 Å². The van der Waals surface area contributed by atoms with E-state index in [4.69, 9.17) is 0 Å². The van der Waals surface area contributed by atoms with Crippen molar-refractivity contribution in [1.82, 2.24) is 4.90 Å². The van der Waals surface area contributed by atoms with E-state index >= 15 is 0 Å². The number of aliphatic hydroxyl groups is 2. The highest BCUT2D eigenvalue weighted by atomic mass is 16.3. The monoisotopic (exact) mass is 355 g/mol. The second-order valence-corrected chi connectivity index (χ2v) is 9.38. The molecule has 5 aliphatic rings. The van der Waals surface area contributed by atoms with Gasteiger partial charge in [0.1, 0.15) is 0 Å². The standard InChI is InChI=1S/C22H29NO3/c1-13-2-4-16(5-3-13)22(10-20(25)23-11-19(24)12-23)17-6-14-7-18(22)9-15(8-17)21(14)26/h2-5,14-15,17-19,21,24,26H,6-12H2,1H3/t14?,15?,17?,18?,21-,22-. The van der Waals surface area contributed by atoms with Crippen molar-refractivity contribution in [2.45, 2.75) is 56.7 Å². The van der Waals surface area contributed by atoms with E-state index in [0.717, 1.165) is 25.7 Å². The predicted octanol–water partition coefficient (Wildman–Crippen LogP) is 2.25. The molecule has 1 aromatic rings. The van der Waals surface area contributed by atoms with Gasteiger partial charge < -0.3 is 15.1 Å². The Morgan fingerprint density at radius 1 is 1.04 bits per heavy atom. The topological polar surface area (TPSA) is 60.8 Å². The minimum absolute atomic E-state index is 0.0849. The molecule has 140 valence electrons. The molecule has 2 N–H and O–H groups in total. The van der Waals surface area contributed by atoms with Gasteiger partial charge in [0, 0.05) is 24.9 Å². The molecule has 1 amide bonds. The van der Waals surface area contributed by atoms with Crippen molar-refractivity contribution in [1.29, 1.82) is 0 Å². The highest BCUT2D eigenvalue weighted by molar-refractivity contribution is 5.79. The average molecular weight is 355 g/mol. The molecule has 4 heteroatoms. The van der Waals surface area contributed by atoms with Crippen molar-refractivity contribution in [2.75, 3.05) is 13.1 Å². The summed E-state index contributed by atoms with van der Waals surface area (Å²) in [6, 6.07) is 8.84. The minimum atomic E-state index is -0.345. The molecule has 1 aromatic carbocycles. The van der Waals surface area contributed by atoms with Crippen LogP contribution in [0.1, 0.15) is 43.2 Å². The number of β-amino-alcohol motifs (C(OH)–C–C–N with tert-alkyl or cyclic N) is 1. The third-order valence-electron chi connectivity index (χ3n) is 8.02. The third kappa shape index (κ3) is 2.31. The number of carbonyl (C=O) groups excluding carboxylic acids is 1. The molecular formula is C22H29NO3. The van der Waals surface area contributed by atoms with Gasteiger partial charge in [0.05, 0.1) is 12.2 Å². The molecular weight excluding hydrogens is 326 g/mol. The van der Waals surface area contributed by atoms with Crippen LogP contribution in [-0.4, -0.2) is 46.3 Å². The molecule has 1 heterocycles. The number of likely N-dealkylation sites (tertiary alicyclic amines) is 1. The van der Waals surface area contributed by atoms with Crippen LogP contribution in [-0.2, 0) is 10.2 Å². The lowest BCUT2D eigenvalue weighted by molar-refractivity contribution is -0.158. The summed E-state index contributed by atoms with van der Waals surface area (Å²) in [6.45, 7) is 3.08. The Morgan fingerprint density at radius 3 is 2.08 bits per heavy atom. The molecule has 1 saturated heterocycles. The Balaban J connectivity index is 1.52. The number of hydrogen-bond acceptors (Lipinski definition) is 3. The van der Waals surface area contributed by atoms with E-state index in [1.165, 1.54) is 11.1 Å². The van der Waals surface area contributed by atoms with E-state index in [1.54, 1.807) is 0 Å².